The van der Waals surface area contributed by atoms with Gasteiger partial charge in [0.15, 0.2) is 0 Å². The highest BCUT2D eigenvalue weighted by molar-refractivity contribution is 7.80. The van der Waals surface area contributed by atoms with E-state index >= 15 is 0 Å². The second-order valence-corrected chi connectivity index (χ2v) is 3.15. The average Bonchev–Trinajstić information content (AvgIpc) is 2.17. The minimum Gasteiger partial charge on any atom is -0.462 e. The lowest BCUT2D eigenvalue weighted by atomic mass is 10.2. The zero-order valence-electron chi connectivity index (χ0n) is 7.78. The third-order valence-corrected chi connectivity index (χ3v) is 1.85. The van der Waals surface area contributed by atoms with Gasteiger partial charge in [0.05, 0.1) is 17.9 Å². The molecular weight excluding hydrogens is 200 g/mol. The van der Waals surface area contributed by atoms with E-state index in [2.05, 4.69) is 18.1 Å². The lowest BCUT2D eigenvalue weighted by molar-refractivity contribution is 0.0526. The van der Waals surface area contributed by atoms with Gasteiger partial charge in [-0.25, -0.2) is 4.79 Å². The normalized spacial score (nSPS) is 9.64. The number of hydrazine groups is 1. The standard InChI is InChI=1S/C9H12N2O2S/c1-2-13-9(12)6-3-7(11-10)5-8(14)4-6/h3-5,11,14H,2,10H2,1H3. The largest absolute Gasteiger partial charge is 0.462 e. The Hall–Kier alpha value is -1.20. The van der Waals surface area contributed by atoms with Gasteiger partial charge in [-0.2, -0.15) is 0 Å². The Balaban J connectivity index is 2.96. The van der Waals surface area contributed by atoms with Crippen molar-refractivity contribution in [2.45, 2.75) is 11.8 Å². The van der Waals surface area contributed by atoms with E-state index in [9.17, 15) is 4.79 Å². The minimum absolute atomic E-state index is 0.348. The van der Waals surface area contributed by atoms with E-state index in [0.717, 1.165) is 0 Å². The van der Waals surface area contributed by atoms with Crippen molar-refractivity contribution in [3.05, 3.63) is 23.8 Å². The van der Waals surface area contributed by atoms with Crippen LogP contribution in [0.25, 0.3) is 0 Å². The lowest BCUT2D eigenvalue weighted by Crippen LogP contribution is -2.09. The first-order chi connectivity index (χ1) is 6.67. The van der Waals surface area contributed by atoms with Crippen molar-refractivity contribution in [3.63, 3.8) is 0 Å². The maximum atomic E-state index is 11.3. The Bertz CT molecular complexity index is 342. The van der Waals surface area contributed by atoms with Crippen molar-refractivity contribution in [2.24, 2.45) is 5.84 Å². The van der Waals surface area contributed by atoms with Crippen LogP contribution in [0.5, 0.6) is 0 Å². The van der Waals surface area contributed by atoms with Crippen LogP contribution in [0.4, 0.5) is 5.69 Å². The number of rotatable bonds is 3. The summed E-state index contributed by atoms with van der Waals surface area (Å²) in [6, 6.07) is 4.95. The first-order valence-corrected chi connectivity index (χ1v) is 4.60. The van der Waals surface area contributed by atoms with E-state index in [-0.39, 0.29) is 5.97 Å². The molecule has 4 nitrogen and oxygen atoms in total. The maximum Gasteiger partial charge on any atom is 0.338 e. The highest BCUT2D eigenvalue weighted by Crippen LogP contribution is 2.17. The summed E-state index contributed by atoms with van der Waals surface area (Å²) in [7, 11) is 0. The molecule has 1 rings (SSSR count). The summed E-state index contributed by atoms with van der Waals surface area (Å²) < 4.78 is 4.84. The van der Waals surface area contributed by atoms with Crippen LogP contribution >= 0.6 is 12.6 Å². The summed E-state index contributed by atoms with van der Waals surface area (Å²) in [4.78, 5) is 12.0. The summed E-state index contributed by atoms with van der Waals surface area (Å²) in [6.45, 7) is 2.10. The molecule has 0 saturated heterocycles. The van der Waals surface area contributed by atoms with Crippen molar-refractivity contribution >= 4 is 24.3 Å². The molecular formula is C9H12N2O2S. The van der Waals surface area contributed by atoms with E-state index < -0.39 is 0 Å². The van der Waals surface area contributed by atoms with Crippen molar-refractivity contribution < 1.29 is 9.53 Å². The molecule has 14 heavy (non-hydrogen) atoms. The Labute approximate surface area is 87.8 Å². The number of nitrogens with one attached hydrogen (secondary N) is 1. The topological polar surface area (TPSA) is 64.3 Å². The Kier molecular flexibility index (Phi) is 3.79. The van der Waals surface area contributed by atoms with Crippen LogP contribution in [0.2, 0.25) is 0 Å². The number of carbonyl (C=O) groups excluding carboxylic acids is 1. The number of thiol groups is 1. The fraction of sp³-hybridized carbons (Fsp3) is 0.222. The number of carbonyl (C=O) groups is 1. The van der Waals surface area contributed by atoms with E-state index in [1.807, 2.05) is 0 Å². The van der Waals surface area contributed by atoms with Crippen LogP contribution in [0.1, 0.15) is 17.3 Å². The Morgan fingerprint density at radius 1 is 1.57 bits per heavy atom. The Morgan fingerprint density at radius 2 is 2.29 bits per heavy atom. The quantitative estimate of drug-likeness (QED) is 0.307. The van der Waals surface area contributed by atoms with E-state index in [1.54, 1.807) is 25.1 Å². The molecule has 1 aromatic rings. The van der Waals surface area contributed by atoms with Crippen LogP contribution < -0.4 is 11.3 Å². The number of benzene rings is 1. The minimum atomic E-state index is -0.375. The van der Waals surface area contributed by atoms with Gasteiger partial charge in [0.2, 0.25) is 0 Å². The smallest absolute Gasteiger partial charge is 0.338 e. The van der Waals surface area contributed by atoms with Crippen LogP contribution in [-0.2, 0) is 4.74 Å². The van der Waals surface area contributed by atoms with Gasteiger partial charge in [0, 0.05) is 4.90 Å². The molecule has 0 fully saturated rings. The van der Waals surface area contributed by atoms with Gasteiger partial charge in [-0.05, 0) is 25.1 Å². The van der Waals surface area contributed by atoms with Gasteiger partial charge in [0.25, 0.3) is 0 Å². The van der Waals surface area contributed by atoms with Crippen LogP contribution in [0, 0.1) is 0 Å². The van der Waals surface area contributed by atoms with Gasteiger partial charge >= 0.3 is 5.97 Å². The third kappa shape index (κ3) is 2.65. The average molecular weight is 212 g/mol. The number of anilines is 1. The molecule has 0 aromatic heterocycles. The lowest BCUT2D eigenvalue weighted by Gasteiger charge is -2.05. The van der Waals surface area contributed by atoms with Crippen molar-refractivity contribution in [2.75, 3.05) is 12.0 Å². The molecule has 0 aliphatic rings. The molecule has 0 bridgehead atoms. The summed E-state index contributed by atoms with van der Waals surface area (Å²) in [6.07, 6.45) is 0. The van der Waals surface area contributed by atoms with Crippen LogP contribution in [-0.4, -0.2) is 12.6 Å². The maximum absolute atomic E-state index is 11.3. The summed E-state index contributed by atoms with van der Waals surface area (Å²) in [5.41, 5.74) is 3.51. The second kappa shape index (κ2) is 4.88. The molecule has 76 valence electrons. The molecule has 0 aliphatic carbocycles. The molecule has 3 N–H and O–H groups in total. The van der Waals surface area contributed by atoms with Gasteiger partial charge < -0.3 is 10.2 Å². The molecule has 0 radical (unpaired) electrons. The summed E-state index contributed by atoms with van der Waals surface area (Å²) >= 11 is 4.14. The molecule has 0 spiro atoms. The van der Waals surface area contributed by atoms with Crippen molar-refractivity contribution in [1.29, 1.82) is 0 Å². The molecule has 0 unspecified atom stereocenters. The highest BCUT2D eigenvalue weighted by atomic mass is 32.1. The number of hydrogen-bond donors (Lipinski definition) is 3. The van der Waals surface area contributed by atoms with E-state index in [1.165, 1.54) is 0 Å². The van der Waals surface area contributed by atoms with Gasteiger partial charge in [-0.15, -0.1) is 12.6 Å². The monoisotopic (exact) mass is 212 g/mol. The van der Waals surface area contributed by atoms with Gasteiger partial charge in [-0.3, -0.25) is 5.84 Å². The van der Waals surface area contributed by atoms with Crippen LogP contribution in [0.15, 0.2) is 23.1 Å². The fourth-order valence-electron chi connectivity index (χ4n) is 1.03. The molecule has 1 aromatic carbocycles. The molecule has 0 atom stereocenters. The molecule has 5 heteroatoms. The van der Waals surface area contributed by atoms with Crippen molar-refractivity contribution in [3.8, 4) is 0 Å². The molecule has 0 saturated carbocycles. The number of hydrogen-bond acceptors (Lipinski definition) is 5. The van der Waals surface area contributed by atoms with Crippen LogP contribution in [0.3, 0.4) is 0 Å². The number of esters is 1. The second-order valence-electron chi connectivity index (χ2n) is 2.63. The summed E-state index contributed by atoms with van der Waals surface area (Å²) in [5.74, 6) is 4.85. The first-order valence-electron chi connectivity index (χ1n) is 4.15. The number of nitrogens with two attached hydrogens (primary N) is 1. The molecule has 0 amide bonds. The molecule has 0 aliphatic heterocycles. The zero-order chi connectivity index (χ0) is 10.6. The highest BCUT2D eigenvalue weighted by Gasteiger charge is 2.07. The molecule has 0 heterocycles. The first kappa shape index (κ1) is 10.9. The Morgan fingerprint density at radius 3 is 2.86 bits per heavy atom. The predicted molar refractivity (Wildman–Crippen MR) is 57.5 cm³/mol. The van der Waals surface area contributed by atoms with Crippen molar-refractivity contribution in [1.82, 2.24) is 0 Å². The fourth-order valence-corrected chi connectivity index (χ4v) is 1.30. The van der Waals surface area contributed by atoms with E-state index in [0.29, 0.717) is 22.8 Å². The predicted octanol–water partition coefficient (Wildman–Crippen LogP) is 1.44. The van der Waals surface area contributed by atoms with Gasteiger partial charge in [0.1, 0.15) is 0 Å². The number of nitrogen functional groups attached to an aromatic ring is 1. The SMILES string of the molecule is CCOC(=O)c1cc(S)cc(NN)c1. The van der Waals surface area contributed by atoms with Gasteiger partial charge in [-0.1, -0.05) is 0 Å². The summed E-state index contributed by atoms with van der Waals surface area (Å²) in [5, 5.41) is 0. The zero-order valence-corrected chi connectivity index (χ0v) is 8.67. The third-order valence-electron chi connectivity index (χ3n) is 1.60. The van der Waals surface area contributed by atoms with E-state index in [4.69, 9.17) is 10.6 Å². The number of ether oxygens (including phenoxy) is 1.